The van der Waals surface area contributed by atoms with Crippen molar-refractivity contribution in [1.29, 1.82) is 5.26 Å². The smallest absolute Gasteiger partial charge is 0.244 e. The van der Waals surface area contributed by atoms with Crippen molar-refractivity contribution in [2.75, 3.05) is 11.9 Å². The van der Waals surface area contributed by atoms with Crippen LogP contribution in [0.1, 0.15) is 44.1 Å². The molecule has 0 atom stereocenters. The number of benzene rings is 1. The van der Waals surface area contributed by atoms with Gasteiger partial charge in [0.05, 0.1) is 17.0 Å². The lowest BCUT2D eigenvalue weighted by atomic mass is 9.73. The molecule has 2 aliphatic rings. The van der Waals surface area contributed by atoms with Gasteiger partial charge in [0.25, 0.3) is 0 Å². The van der Waals surface area contributed by atoms with Gasteiger partial charge in [-0.05, 0) is 37.1 Å². The van der Waals surface area contributed by atoms with Gasteiger partial charge in [0.15, 0.2) is 0 Å². The number of hydrogen-bond donors (Lipinski definition) is 1. The molecule has 1 aromatic carbocycles. The molecule has 1 saturated heterocycles. The molecule has 0 aromatic heterocycles. The third-order valence-corrected chi connectivity index (χ3v) is 4.90. The number of anilines is 1. The number of hydrogen-bond acceptors (Lipinski definition) is 4. The fourth-order valence-corrected chi connectivity index (χ4v) is 3.61. The van der Waals surface area contributed by atoms with Gasteiger partial charge in [0, 0.05) is 12.1 Å². The summed E-state index contributed by atoms with van der Waals surface area (Å²) < 4.78 is 0. The van der Waals surface area contributed by atoms with Gasteiger partial charge in [-0.25, -0.2) is 0 Å². The van der Waals surface area contributed by atoms with E-state index in [1.807, 2.05) is 6.07 Å². The van der Waals surface area contributed by atoms with Crippen molar-refractivity contribution in [3.63, 3.8) is 0 Å². The molecular weight excluding hydrogens is 306 g/mol. The maximum Gasteiger partial charge on any atom is 0.244 e. The molecule has 1 aromatic rings. The summed E-state index contributed by atoms with van der Waals surface area (Å²) in [6.07, 6.45) is 4.74. The molecule has 0 unspecified atom stereocenters. The van der Waals surface area contributed by atoms with Crippen LogP contribution in [-0.4, -0.2) is 29.2 Å². The number of likely N-dealkylation sites (tertiary alicyclic amines) is 1. The Morgan fingerprint density at radius 3 is 2.46 bits per heavy atom. The molecule has 124 valence electrons. The van der Waals surface area contributed by atoms with E-state index in [1.54, 1.807) is 24.3 Å². The van der Waals surface area contributed by atoms with Crippen LogP contribution in [0.2, 0.25) is 0 Å². The van der Waals surface area contributed by atoms with Crippen LogP contribution in [0.25, 0.3) is 0 Å². The summed E-state index contributed by atoms with van der Waals surface area (Å²) in [6.45, 7) is -0.251. The van der Waals surface area contributed by atoms with E-state index >= 15 is 0 Å². The minimum atomic E-state index is -0.565. The van der Waals surface area contributed by atoms with Gasteiger partial charge in [-0.3, -0.25) is 19.3 Å². The summed E-state index contributed by atoms with van der Waals surface area (Å²) in [4.78, 5) is 38.1. The monoisotopic (exact) mass is 325 g/mol. The first-order chi connectivity index (χ1) is 11.5. The lowest BCUT2D eigenvalue weighted by molar-refractivity contribution is -0.144. The summed E-state index contributed by atoms with van der Waals surface area (Å²) >= 11 is 0. The predicted molar refractivity (Wildman–Crippen MR) is 86.6 cm³/mol. The van der Waals surface area contributed by atoms with Crippen LogP contribution in [0.3, 0.4) is 0 Å². The van der Waals surface area contributed by atoms with Gasteiger partial charge in [0.1, 0.15) is 6.54 Å². The molecule has 1 N–H and O–H groups in total. The zero-order valence-corrected chi connectivity index (χ0v) is 13.4. The van der Waals surface area contributed by atoms with Gasteiger partial charge in [-0.1, -0.05) is 19.3 Å². The molecule has 2 fully saturated rings. The van der Waals surface area contributed by atoms with Crippen LogP contribution >= 0.6 is 0 Å². The number of carbonyl (C=O) groups is 3. The van der Waals surface area contributed by atoms with Crippen LogP contribution in [0.5, 0.6) is 0 Å². The molecule has 1 aliphatic carbocycles. The Morgan fingerprint density at radius 1 is 1.17 bits per heavy atom. The number of amides is 3. The Bertz CT molecular complexity index is 712. The van der Waals surface area contributed by atoms with Gasteiger partial charge >= 0.3 is 0 Å². The Labute approximate surface area is 140 Å². The fraction of sp³-hybridized carbons (Fsp3) is 0.444. The predicted octanol–water partition coefficient (Wildman–Crippen LogP) is 2.21. The Kier molecular flexibility index (Phi) is 4.34. The first-order valence-electron chi connectivity index (χ1n) is 8.19. The Morgan fingerprint density at radius 2 is 1.83 bits per heavy atom. The second-order valence-corrected chi connectivity index (χ2v) is 6.54. The standard InChI is InChI=1S/C18H19N3O3/c19-11-13-4-6-14(7-5-13)20-15(22)12-21-16(23)10-18(17(21)24)8-2-1-3-9-18/h4-7H,1-3,8-10,12H2,(H,20,22). The van der Waals surface area contributed by atoms with Gasteiger partial charge in [-0.2, -0.15) is 5.26 Å². The molecule has 1 saturated carbocycles. The molecule has 24 heavy (non-hydrogen) atoms. The van der Waals surface area contributed by atoms with E-state index < -0.39 is 11.3 Å². The highest BCUT2D eigenvalue weighted by atomic mass is 16.2. The first-order valence-corrected chi connectivity index (χ1v) is 8.19. The maximum absolute atomic E-state index is 12.7. The van der Waals surface area contributed by atoms with Crippen molar-refractivity contribution in [2.45, 2.75) is 38.5 Å². The normalized spacial score (nSPS) is 19.4. The summed E-state index contributed by atoms with van der Waals surface area (Å²) in [5.41, 5.74) is 0.465. The first kappa shape index (κ1) is 16.2. The molecule has 1 aliphatic heterocycles. The van der Waals surface area contributed by atoms with Crippen LogP contribution in [0, 0.1) is 16.7 Å². The highest BCUT2D eigenvalue weighted by molar-refractivity contribution is 6.09. The zero-order chi connectivity index (χ0) is 17.2. The van der Waals surface area contributed by atoms with E-state index in [-0.39, 0.29) is 24.8 Å². The van der Waals surface area contributed by atoms with E-state index in [9.17, 15) is 14.4 Å². The third-order valence-electron chi connectivity index (χ3n) is 4.90. The molecule has 3 amide bonds. The summed E-state index contributed by atoms with van der Waals surface area (Å²) in [7, 11) is 0. The molecule has 3 rings (SSSR count). The molecule has 6 heteroatoms. The minimum absolute atomic E-state index is 0.192. The number of nitrogens with zero attached hydrogens (tertiary/aromatic N) is 2. The largest absolute Gasteiger partial charge is 0.325 e. The van der Waals surface area contributed by atoms with E-state index in [0.717, 1.165) is 37.0 Å². The summed E-state index contributed by atoms with van der Waals surface area (Å²) in [5.74, 6) is -0.853. The lowest BCUT2D eigenvalue weighted by Gasteiger charge is -2.30. The molecule has 0 radical (unpaired) electrons. The van der Waals surface area contributed by atoms with Crippen molar-refractivity contribution < 1.29 is 14.4 Å². The fourth-order valence-electron chi connectivity index (χ4n) is 3.61. The quantitative estimate of drug-likeness (QED) is 0.863. The summed E-state index contributed by atoms with van der Waals surface area (Å²) in [6, 6.07) is 8.43. The van der Waals surface area contributed by atoms with Crippen molar-refractivity contribution in [3.8, 4) is 6.07 Å². The zero-order valence-electron chi connectivity index (χ0n) is 13.4. The van der Waals surface area contributed by atoms with Gasteiger partial charge < -0.3 is 5.32 Å². The average Bonchev–Trinajstić information content (AvgIpc) is 2.80. The van der Waals surface area contributed by atoms with Gasteiger partial charge in [-0.15, -0.1) is 0 Å². The van der Waals surface area contributed by atoms with Crippen LogP contribution in [0.15, 0.2) is 24.3 Å². The number of rotatable bonds is 3. The SMILES string of the molecule is N#Cc1ccc(NC(=O)CN2C(=O)CC3(CCCCC3)C2=O)cc1. The molecule has 0 bridgehead atoms. The second kappa shape index (κ2) is 6.44. The van der Waals surface area contributed by atoms with E-state index in [2.05, 4.69) is 5.32 Å². The van der Waals surface area contributed by atoms with Gasteiger partial charge in [0.2, 0.25) is 17.7 Å². The average molecular weight is 325 g/mol. The lowest BCUT2D eigenvalue weighted by Crippen LogP contribution is -2.41. The molecule has 6 nitrogen and oxygen atoms in total. The number of imide groups is 1. The highest BCUT2D eigenvalue weighted by Crippen LogP contribution is 2.45. The number of nitrogens with one attached hydrogen (secondary N) is 1. The minimum Gasteiger partial charge on any atom is -0.325 e. The second-order valence-electron chi connectivity index (χ2n) is 6.54. The molecular formula is C18H19N3O3. The summed E-state index contributed by atoms with van der Waals surface area (Å²) in [5, 5.41) is 11.4. The van der Waals surface area contributed by atoms with E-state index in [4.69, 9.17) is 5.26 Å². The van der Waals surface area contributed by atoms with Crippen LogP contribution < -0.4 is 5.32 Å². The van der Waals surface area contributed by atoms with Crippen LogP contribution in [-0.2, 0) is 14.4 Å². The van der Waals surface area contributed by atoms with E-state index in [1.165, 1.54) is 0 Å². The van der Waals surface area contributed by atoms with Crippen molar-refractivity contribution in [2.24, 2.45) is 5.41 Å². The van der Waals surface area contributed by atoms with E-state index in [0.29, 0.717) is 11.3 Å². The van der Waals surface area contributed by atoms with Crippen molar-refractivity contribution in [1.82, 2.24) is 4.90 Å². The number of carbonyl (C=O) groups excluding carboxylic acids is 3. The van der Waals surface area contributed by atoms with Crippen molar-refractivity contribution >= 4 is 23.4 Å². The van der Waals surface area contributed by atoms with Crippen LogP contribution in [0.4, 0.5) is 5.69 Å². The number of nitriles is 1. The third kappa shape index (κ3) is 3.02. The maximum atomic E-state index is 12.7. The highest BCUT2D eigenvalue weighted by Gasteiger charge is 2.51. The molecule has 1 spiro atoms. The van der Waals surface area contributed by atoms with Crippen molar-refractivity contribution in [3.05, 3.63) is 29.8 Å². The Hall–Kier alpha value is -2.68. The Balaban J connectivity index is 1.64. The topological polar surface area (TPSA) is 90.3 Å². The molecule has 1 heterocycles.